The van der Waals surface area contributed by atoms with Crippen LogP contribution in [0.25, 0.3) is 0 Å². The summed E-state index contributed by atoms with van der Waals surface area (Å²) in [5, 5.41) is 2.95. The second kappa shape index (κ2) is 8.63. The van der Waals surface area contributed by atoms with Crippen molar-refractivity contribution in [3.63, 3.8) is 0 Å². The van der Waals surface area contributed by atoms with Crippen molar-refractivity contribution in [2.45, 2.75) is 24.0 Å². The molecule has 0 aliphatic carbocycles. The second-order valence-electron chi connectivity index (χ2n) is 5.61. The van der Waals surface area contributed by atoms with Crippen LogP contribution in [-0.2, 0) is 10.0 Å². The Hall–Kier alpha value is -0.940. The molecule has 0 bridgehead atoms. The summed E-state index contributed by atoms with van der Waals surface area (Å²) >= 11 is 0. The van der Waals surface area contributed by atoms with Crippen molar-refractivity contribution in [3.8, 4) is 0 Å². The smallest absolute Gasteiger partial charge is 0.314 e. The van der Waals surface area contributed by atoms with Crippen molar-refractivity contribution >= 4 is 22.4 Å². The Bertz CT molecular complexity index is 679. The molecule has 1 saturated heterocycles. The highest BCUT2D eigenvalue weighted by Gasteiger charge is 2.44. The zero-order chi connectivity index (χ0) is 18.0. The zero-order valence-corrected chi connectivity index (χ0v) is 15.1. The fourth-order valence-corrected chi connectivity index (χ4v) is 3.63. The Kier molecular flexibility index (Phi) is 7.63. The Balaban J connectivity index is 0.00000312. The summed E-state index contributed by atoms with van der Waals surface area (Å²) in [6.07, 6.45) is -4.56. The summed E-state index contributed by atoms with van der Waals surface area (Å²) in [7, 11) is -4.15. The van der Waals surface area contributed by atoms with Crippen LogP contribution in [0.1, 0.15) is 5.56 Å². The molecule has 5 nitrogen and oxygen atoms in total. The van der Waals surface area contributed by atoms with Gasteiger partial charge in [0.1, 0.15) is 11.9 Å². The lowest BCUT2D eigenvalue weighted by Gasteiger charge is -2.35. The monoisotopic (exact) mass is 405 g/mol. The van der Waals surface area contributed by atoms with E-state index in [2.05, 4.69) is 5.32 Å². The lowest BCUT2D eigenvalue weighted by atomic mass is 10.2. The molecule has 1 fully saturated rings. The predicted molar refractivity (Wildman–Crippen MR) is 87.9 cm³/mol. The van der Waals surface area contributed by atoms with Crippen LogP contribution in [0.3, 0.4) is 0 Å². The van der Waals surface area contributed by atoms with Crippen molar-refractivity contribution in [2.75, 3.05) is 32.7 Å². The highest BCUT2D eigenvalue weighted by Crippen LogP contribution is 2.25. The molecule has 1 heterocycles. The summed E-state index contributed by atoms with van der Waals surface area (Å²) in [5.74, 6) is -0.581. The molecule has 144 valence electrons. The van der Waals surface area contributed by atoms with E-state index in [1.807, 2.05) is 4.72 Å². The number of nitrogens with zero attached hydrogens (tertiary/aromatic N) is 1. The molecule has 2 rings (SSSR count). The number of aryl methyl sites for hydroxylation is 1. The first-order valence-corrected chi connectivity index (χ1v) is 8.87. The maximum absolute atomic E-state index is 13.3. The van der Waals surface area contributed by atoms with E-state index in [0.29, 0.717) is 13.1 Å². The van der Waals surface area contributed by atoms with Gasteiger partial charge in [-0.1, -0.05) is 0 Å². The maximum Gasteiger partial charge on any atom is 0.405 e. The lowest BCUT2D eigenvalue weighted by molar-refractivity contribution is -0.182. The maximum atomic E-state index is 13.3. The van der Waals surface area contributed by atoms with E-state index < -0.39 is 34.6 Å². The van der Waals surface area contributed by atoms with Gasteiger partial charge >= 0.3 is 6.18 Å². The van der Waals surface area contributed by atoms with Gasteiger partial charge in [0.05, 0.1) is 4.90 Å². The van der Waals surface area contributed by atoms with E-state index in [0.717, 1.165) is 18.2 Å². The third-order valence-electron chi connectivity index (χ3n) is 3.88. The average molecular weight is 406 g/mol. The van der Waals surface area contributed by atoms with Gasteiger partial charge in [0.15, 0.2) is 0 Å². The molecule has 1 aliphatic heterocycles. The zero-order valence-electron chi connectivity index (χ0n) is 13.4. The largest absolute Gasteiger partial charge is 0.405 e. The van der Waals surface area contributed by atoms with Gasteiger partial charge in [0.2, 0.25) is 10.0 Å². The number of alkyl halides is 3. The highest BCUT2D eigenvalue weighted by atomic mass is 35.5. The van der Waals surface area contributed by atoms with Crippen LogP contribution in [0.15, 0.2) is 23.1 Å². The topological polar surface area (TPSA) is 61.4 Å². The minimum atomic E-state index is -4.56. The van der Waals surface area contributed by atoms with E-state index >= 15 is 0 Å². The van der Waals surface area contributed by atoms with E-state index in [9.17, 15) is 26.0 Å². The highest BCUT2D eigenvalue weighted by molar-refractivity contribution is 7.89. The fraction of sp³-hybridized carbons (Fsp3) is 0.571. The number of nitrogens with one attached hydrogen (secondary N) is 2. The van der Waals surface area contributed by atoms with E-state index in [-0.39, 0.29) is 36.0 Å². The van der Waals surface area contributed by atoms with E-state index in [1.54, 1.807) is 0 Å². The second-order valence-corrected chi connectivity index (χ2v) is 7.37. The van der Waals surface area contributed by atoms with Crippen LogP contribution in [-0.4, -0.2) is 58.3 Å². The molecular formula is C14H20ClF4N3O2S. The molecule has 1 atom stereocenters. The number of rotatable bonds is 5. The Morgan fingerprint density at radius 1 is 1.28 bits per heavy atom. The molecule has 0 spiro atoms. The summed E-state index contributed by atoms with van der Waals surface area (Å²) in [4.78, 5) is 0.942. The molecule has 1 aliphatic rings. The average Bonchev–Trinajstić information content (AvgIpc) is 2.49. The molecule has 11 heteroatoms. The van der Waals surface area contributed by atoms with Gasteiger partial charge in [-0.25, -0.2) is 17.5 Å². The number of benzene rings is 1. The van der Waals surface area contributed by atoms with Crippen molar-refractivity contribution in [1.29, 1.82) is 0 Å². The van der Waals surface area contributed by atoms with E-state index in [1.165, 1.54) is 11.8 Å². The minimum absolute atomic E-state index is 0. The molecule has 1 aromatic carbocycles. The summed E-state index contributed by atoms with van der Waals surface area (Å²) in [6.45, 7) is 1.78. The predicted octanol–water partition coefficient (Wildman–Crippen LogP) is 1.67. The summed E-state index contributed by atoms with van der Waals surface area (Å²) < 4.78 is 79.3. The van der Waals surface area contributed by atoms with Gasteiger partial charge in [-0.3, -0.25) is 4.90 Å². The lowest BCUT2D eigenvalue weighted by Crippen LogP contribution is -2.57. The molecule has 2 N–H and O–H groups in total. The van der Waals surface area contributed by atoms with E-state index in [4.69, 9.17) is 0 Å². The quantitative estimate of drug-likeness (QED) is 0.732. The van der Waals surface area contributed by atoms with Crippen LogP contribution in [0.2, 0.25) is 0 Å². The fourth-order valence-electron chi connectivity index (χ4n) is 2.50. The van der Waals surface area contributed by atoms with Gasteiger partial charge in [-0.2, -0.15) is 13.2 Å². The number of halogens is 5. The molecule has 0 radical (unpaired) electrons. The number of piperazine rings is 1. The first kappa shape index (κ1) is 22.1. The van der Waals surface area contributed by atoms with Gasteiger partial charge in [0.25, 0.3) is 0 Å². The normalized spacial score (nSPS) is 17.8. The third kappa shape index (κ3) is 5.78. The number of hydrogen-bond donors (Lipinski definition) is 2. The Morgan fingerprint density at radius 2 is 1.88 bits per heavy atom. The Morgan fingerprint density at radius 3 is 2.40 bits per heavy atom. The molecule has 1 unspecified atom stereocenters. The minimum Gasteiger partial charge on any atom is -0.314 e. The first-order chi connectivity index (χ1) is 11.1. The SMILES string of the molecule is Cc1cc(S(=O)(=O)NCC(N2CCNCC2)C(F)(F)F)ccc1F.Cl. The van der Waals surface area contributed by atoms with Crippen LogP contribution in [0.5, 0.6) is 0 Å². The van der Waals surface area contributed by atoms with Crippen molar-refractivity contribution in [3.05, 3.63) is 29.6 Å². The molecule has 0 amide bonds. The Labute approximate surface area is 150 Å². The van der Waals surface area contributed by atoms with Crippen molar-refractivity contribution < 1.29 is 26.0 Å². The van der Waals surface area contributed by atoms with Gasteiger partial charge in [-0.15, -0.1) is 12.4 Å². The van der Waals surface area contributed by atoms with Gasteiger partial charge in [-0.05, 0) is 30.7 Å². The number of hydrogen-bond acceptors (Lipinski definition) is 4. The van der Waals surface area contributed by atoms with Gasteiger partial charge < -0.3 is 5.32 Å². The standard InChI is InChI=1S/C14H19F4N3O2S.ClH/c1-10-8-11(2-3-12(10)15)24(22,23)20-9-13(14(16,17)18)21-6-4-19-5-7-21;/h2-3,8,13,19-20H,4-7,9H2,1H3;1H. The summed E-state index contributed by atoms with van der Waals surface area (Å²) in [6, 6.07) is 1.18. The van der Waals surface area contributed by atoms with Crippen LogP contribution >= 0.6 is 12.4 Å². The number of sulfonamides is 1. The van der Waals surface area contributed by atoms with Crippen molar-refractivity contribution in [2.24, 2.45) is 0 Å². The first-order valence-electron chi connectivity index (χ1n) is 7.38. The van der Waals surface area contributed by atoms with Crippen LogP contribution in [0.4, 0.5) is 17.6 Å². The summed E-state index contributed by atoms with van der Waals surface area (Å²) in [5.41, 5.74) is 0.104. The molecule has 1 aromatic rings. The molecule has 0 aromatic heterocycles. The van der Waals surface area contributed by atoms with Gasteiger partial charge in [0, 0.05) is 32.7 Å². The molecular weight excluding hydrogens is 386 g/mol. The van der Waals surface area contributed by atoms with Crippen LogP contribution in [0, 0.1) is 12.7 Å². The molecule has 0 saturated carbocycles. The molecule has 25 heavy (non-hydrogen) atoms. The van der Waals surface area contributed by atoms with Crippen molar-refractivity contribution in [1.82, 2.24) is 14.9 Å². The third-order valence-corrected chi connectivity index (χ3v) is 5.30. The van der Waals surface area contributed by atoms with Crippen LogP contribution < -0.4 is 10.0 Å².